The third kappa shape index (κ3) is 2.79. The summed E-state index contributed by atoms with van der Waals surface area (Å²) in [5.41, 5.74) is 7.36. The molecule has 8 heteroatoms. The first-order chi connectivity index (χ1) is 8.47. The van der Waals surface area contributed by atoms with Crippen LogP contribution < -0.4 is 16.2 Å². The van der Waals surface area contributed by atoms with Gasteiger partial charge in [-0.25, -0.2) is 13.6 Å². The minimum Gasteiger partial charge on any atom is -0.398 e. The molecule has 0 saturated carbocycles. The van der Waals surface area contributed by atoms with E-state index < -0.39 is 10.0 Å². The molecule has 0 amide bonds. The molecule has 0 aliphatic heterocycles. The van der Waals surface area contributed by atoms with Crippen molar-refractivity contribution in [3.8, 4) is 0 Å². The zero-order valence-corrected chi connectivity index (χ0v) is 10.2. The van der Waals surface area contributed by atoms with Crippen molar-refractivity contribution in [2.24, 2.45) is 5.14 Å². The summed E-state index contributed by atoms with van der Waals surface area (Å²) in [6.07, 6.45) is 1.65. The van der Waals surface area contributed by atoms with Gasteiger partial charge in [-0.05, 0) is 24.3 Å². The number of benzene rings is 1. The number of primary sulfonamides is 1. The number of nitrogens with two attached hydrogens (primary N) is 2. The van der Waals surface area contributed by atoms with E-state index in [4.69, 9.17) is 10.9 Å². The number of anilines is 2. The number of H-pyrrole nitrogens is 1. The van der Waals surface area contributed by atoms with Crippen LogP contribution in [0.5, 0.6) is 0 Å². The first-order valence-corrected chi connectivity index (χ1v) is 6.66. The van der Waals surface area contributed by atoms with E-state index >= 15 is 0 Å². The van der Waals surface area contributed by atoms with Gasteiger partial charge in [-0.2, -0.15) is 5.10 Å². The number of nitrogens with zero attached hydrogens (tertiary/aromatic N) is 1. The van der Waals surface area contributed by atoms with Gasteiger partial charge in [-0.3, -0.25) is 5.10 Å². The maximum absolute atomic E-state index is 11.2. The molecule has 0 aliphatic carbocycles. The maximum Gasteiger partial charge on any atom is 0.240 e. The second-order valence-corrected chi connectivity index (χ2v) is 5.26. The van der Waals surface area contributed by atoms with Gasteiger partial charge in [0.2, 0.25) is 10.0 Å². The summed E-state index contributed by atoms with van der Waals surface area (Å²) in [6.45, 7) is 0.536. The molecule has 0 radical (unpaired) electrons. The molecule has 2 rings (SSSR count). The van der Waals surface area contributed by atoms with Gasteiger partial charge in [-0.15, -0.1) is 0 Å². The normalized spacial score (nSPS) is 11.4. The molecular formula is C10H13N5O2S. The molecule has 0 bridgehead atoms. The topological polar surface area (TPSA) is 127 Å². The van der Waals surface area contributed by atoms with Crippen LogP contribution in [0.1, 0.15) is 5.69 Å². The second-order valence-electron chi connectivity index (χ2n) is 3.73. The fourth-order valence-corrected chi connectivity index (χ4v) is 2.14. The molecule has 1 heterocycles. The number of sulfonamides is 1. The van der Waals surface area contributed by atoms with Crippen molar-refractivity contribution >= 4 is 21.4 Å². The molecule has 18 heavy (non-hydrogen) atoms. The summed E-state index contributed by atoms with van der Waals surface area (Å²) in [4.78, 5) is -0.0745. The van der Waals surface area contributed by atoms with Crippen LogP contribution in [0.2, 0.25) is 0 Å². The van der Waals surface area contributed by atoms with E-state index in [2.05, 4.69) is 15.5 Å². The van der Waals surface area contributed by atoms with E-state index in [1.54, 1.807) is 12.3 Å². The Bertz CT molecular complexity index is 636. The quantitative estimate of drug-likeness (QED) is 0.590. The fourth-order valence-electron chi connectivity index (χ4n) is 1.50. The zero-order chi connectivity index (χ0) is 13.2. The van der Waals surface area contributed by atoms with E-state index in [0.717, 1.165) is 5.69 Å². The smallest absolute Gasteiger partial charge is 0.240 e. The number of aromatic nitrogens is 2. The van der Waals surface area contributed by atoms with Crippen molar-refractivity contribution in [2.75, 3.05) is 11.1 Å². The molecule has 6 N–H and O–H groups in total. The highest BCUT2D eigenvalue weighted by atomic mass is 32.2. The highest BCUT2D eigenvalue weighted by molar-refractivity contribution is 7.89. The first-order valence-electron chi connectivity index (χ1n) is 5.11. The lowest BCUT2D eigenvalue weighted by molar-refractivity contribution is 0.598. The molecule has 96 valence electrons. The predicted octanol–water partition coefficient (Wildman–Crippen LogP) is 0.251. The van der Waals surface area contributed by atoms with Crippen LogP contribution in [0, 0.1) is 0 Å². The van der Waals surface area contributed by atoms with Gasteiger partial charge < -0.3 is 11.1 Å². The summed E-state index contributed by atoms with van der Waals surface area (Å²) in [5, 5.41) is 14.7. The van der Waals surface area contributed by atoms with Gasteiger partial charge in [0.1, 0.15) is 4.90 Å². The predicted molar refractivity (Wildman–Crippen MR) is 68.1 cm³/mol. The van der Waals surface area contributed by atoms with Crippen LogP contribution in [0.25, 0.3) is 0 Å². The number of rotatable bonds is 4. The van der Waals surface area contributed by atoms with Crippen molar-refractivity contribution in [1.82, 2.24) is 10.2 Å². The number of hydrogen-bond acceptors (Lipinski definition) is 5. The molecule has 0 fully saturated rings. The standard InChI is InChI=1S/C10H13N5O2S/c11-9-5-7(1-2-10(9)18(12,16)17)13-6-8-3-4-14-15-8/h1-5,13H,6,11H2,(H,14,15)(H2,12,16,17). The Morgan fingerprint density at radius 1 is 1.33 bits per heavy atom. The van der Waals surface area contributed by atoms with E-state index in [-0.39, 0.29) is 10.6 Å². The van der Waals surface area contributed by atoms with Crippen molar-refractivity contribution in [1.29, 1.82) is 0 Å². The lowest BCUT2D eigenvalue weighted by Crippen LogP contribution is -2.14. The van der Waals surface area contributed by atoms with Gasteiger partial charge in [0.15, 0.2) is 0 Å². The second kappa shape index (κ2) is 4.67. The van der Waals surface area contributed by atoms with Crippen molar-refractivity contribution in [3.63, 3.8) is 0 Å². The van der Waals surface area contributed by atoms with Crippen LogP contribution in [0.4, 0.5) is 11.4 Å². The Kier molecular flexibility index (Phi) is 3.21. The lowest BCUT2D eigenvalue weighted by atomic mass is 10.2. The first kappa shape index (κ1) is 12.4. The van der Waals surface area contributed by atoms with Gasteiger partial charge in [0.05, 0.1) is 17.9 Å². The molecule has 0 spiro atoms. The molecule has 0 atom stereocenters. The van der Waals surface area contributed by atoms with Gasteiger partial charge >= 0.3 is 0 Å². The van der Waals surface area contributed by atoms with Gasteiger partial charge in [0.25, 0.3) is 0 Å². The third-order valence-electron chi connectivity index (χ3n) is 2.36. The summed E-state index contributed by atoms with van der Waals surface area (Å²) in [6, 6.07) is 6.33. The molecule has 0 saturated heterocycles. The summed E-state index contributed by atoms with van der Waals surface area (Å²) in [5.74, 6) is 0. The summed E-state index contributed by atoms with van der Waals surface area (Å²) < 4.78 is 22.3. The molecule has 1 aromatic heterocycles. The Morgan fingerprint density at radius 3 is 2.67 bits per heavy atom. The number of aromatic amines is 1. The van der Waals surface area contributed by atoms with Crippen LogP contribution in [-0.2, 0) is 16.6 Å². The Balaban J connectivity index is 2.14. The molecule has 1 aromatic carbocycles. The largest absolute Gasteiger partial charge is 0.398 e. The molecule has 0 aliphatic rings. The Hall–Kier alpha value is -2.06. The summed E-state index contributed by atoms with van der Waals surface area (Å²) in [7, 11) is -3.78. The fraction of sp³-hybridized carbons (Fsp3) is 0.100. The minimum atomic E-state index is -3.78. The number of nitrogen functional groups attached to an aromatic ring is 1. The average molecular weight is 267 g/mol. The van der Waals surface area contributed by atoms with Gasteiger partial charge in [-0.1, -0.05) is 0 Å². The van der Waals surface area contributed by atoms with E-state index in [1.165, 1.54) is 12.1 Å². The van der Waals surface area contributed by atoms with Crippen LogP contribution in [0.15, 0.2) is 35.4 Å². The third-order valence-corrected chi connectivity index (χ3v) is 3.34. The molecule has 2 aromatic rings. The zero-order valence-electron chi connectivity index (χ0n) is 9.42. The van der Waals surface area contributed by atoms with Crippen molar-refractivity contribution in [2.45, 2.75) is 11.4 Å². The van der Waals surface area contributed by atoms with E-state index in [1.807, 2.05) is 6.07 Å². The lowest BCUT2D eigenvalue weighted by Gasteiger charge is -2.08. The maximum atomic E-state index is 11.2. The summed E-state index contributed by atoms with van der Waals surface area (Å²) >= 11 is 0. The molecule has 0 unspecified atom stereocenters. The molecular weight excluding hydrogens is 254 g/mol. The molecule has 7 nitrogen and oxygen atoms in total. The van der Waals surface area contributed by atoms with Crippen LogP contribution >= 0.6 is 0 Å². The monoisotopic (exact) mass is 267 g/mol. The Morgan fingerprint density at radius 2 is 2.11 bits per heavy atom. The highest BCUT2D eigenvalue weighted by Crippen LogP contribution is 2.21. The van der Waals surface area contributed by atoms with Crippen molar-refractivity contribution < 1.29 is 8.42 Å². The highest BCUT2D eigenvalue weighted by Gasteiger charge is 2.12. The van der Waals surface area contributed by atoms with Crippen LogP contribution in [-0.4, -0.2) is 18.6 Å². The Labute approximate surface area is 104 Å². The van der Waals surface area contributed by atoms with Crippen LogP contribution in [0.3, 0.4) is 0 Å². The number of hydrogen-bond donors (Lipinski definition) is 4. The van der Waals surface area contributed by atoms with E-state index in [0.29, 0.717) is 12.2 Å². The minimum absolute atomic E-state index is 0.0745. The van der Waals surface area contributed by atoms with Gasteiger partial charge in [0, 0.05) is 11.9 Å². The SMILES string of the molecule is Nc1cc(NCc2ccn[nH]2)ccc1S(N)(=O)=O. The average Bonchev–Trinajstić information content (AvgIpc) is 2.77. The number of nitrogens with one attached hydrogen (secondary N) is 2. The van der Waals surface area contributed by atoms with E-state index in [9.17, 15) is 8.42 Å². The van der Waals surface area contributed by atoms with Crippen molar-refractivity contribution in [3.05, 3.63) is 36.2 Å².